The highest BCUT2D eigenvalue weighted by molar-refractivity contribution is 5.90. The number of carboxylic acids is 1. The van der Waals surface area contributed by atoms with Crippen LogP contribution in [-0.4, -0.2) is 30.8 Å². The van der Waals surface area contributed by atoms with Crippen LogP contribution in [0.15, 0.2) is 18.2 Å². The third-order valence-corrected chi connectivity index (χ3v) is 2.72. The fourth-order valence-corrected chi connectivity index (χ4v) is 1.71. The molecule has 0 aliphatic carbocycles. The van der Waals surface area contributed by atoms with Crippen LogP contribution in [0.5, 0.6) is 0 Å². The molecule has 0 heterocycles. The van der Waals surface area contributed by atoms with E-state index in [-0.39, 0.29) is 11.7 Å². The topological polar surface area (TPSA) is 58.6 Å². The Balaban J connectivity index is 2.98. The molecule has 1 aromatic carbocycles. The number of alkyl halides is 3. The summed E-state index contributed by atoms with van der Waals surface area (Å²) < 4.78 is 43.3. The molecule has 7 heteroatoms. The first kappa shape index (κ1) is 16.3. The third kappa shape index (κ3) is 4.41. The fraction of sp³-hybridized carbons (Fsp3) is 0.462. The maximum Gasteiger partial charge on any atom is 0.417 e. The van der Waals surface area contributed by atoms with E-state index in [2.05, 4.69) is 5.32 Å². The Morgan fingerprint density at radius 1 is 1.45 bits per heavy atom. The van der Waals surface area contributed by atoms with Crippen LogP contribution in [0.25, 0.3) is 0 Å². The second-order valence-electron chi connectivity index (χ2n) is 4.39. The van der Waals surface area contributed by atoms with Gasteiger partial charge in [0.15, 0.2) is 0 Å². The van der Waals surface area contributed by atoms with Gasteiger partial charge in [-0.3, -0.25) is 0 Å². The zero-order chi connectivity index (χ0) is 15.3. The number of anilines is 1. The number of hydrogen-bond donors (Lipinski definition) is 2. The third-order valence-electron chi connectivity index (χ3n) is 2.72. The summed E-state index contributed by atoms with van der Waals surface area (Å²) in [5.74, 6) is -1.60. The predicted octanol–water partition coefficient (Wildman–Crippen LogP) is 3.24. The molecule has 1 aromatic rings. The van der Waals surface area contributed by atoms with E-state index in [1.807, 2.05) is 0 Å². The molecular weight excluding hydrogens is 275 g/mol. The normalized spacial score (nSPS) is 13.1. The van der Waals surface area contributed by atoms with Crippen LogP contribution >= 0.6 is 0 Å². The van der Waals surface area contributed by atoms with Crippen molar-refractivity contribution in [1.82, 2.24) is 0 Å². The van der Waals surface area contributed by atoms with E-state index in [0.717, 1.165) is 12.1 Å². The largest absolute Gasteiger partial charge is 0.478 e. The Bertz CT molecular complexity index is 474. The van der Waals surface area contributed by atoms with Crippen LogP contribution < -0.4 is 5.32 Å². The molecule has 0 aromatic heterocycles. The Hall–Kier alpha value is -1.76. The number of methoxy groups -OCH3 is 1. The lowest BCUT2D eigenvalue weighted by atomic mass is 10.1. The first-order valence-electron chi connectivity index (χ1n) is 5.95. The van der Waals surface area contributed by atoms with Crippen molar-refractivity contribution in [2.24, 2.45) is 0 Å². The van der Waals surface area contributed by atoms with Crippen molar-refractivity contribution in [3.05, 3.63) is 29.3 Å². The standard InChI is InChI=1S/C13H16F3NO3/c1-8(5-6-20-2)17-9-3-4-10(12(18)19)11(7-9)13(14,15)16/h3-4,7-8,17H,5-6H2,1-2H3,(H,18,19). The molecule has 0 amide bonds. The molecule has 1 unspecified atom stereocenters. The Morgan fingerprint density at radius 2 is 2.10 bits per heavy atom. The predicted molar refractivity (Wildman–Crippen MR) is 68.0 cm³/mol. The molecule has 4 nitrogen and oxygen atoms in total. The van der Waals surface area contributed by atoms with Crippen molar-refractivity contribution in [1.29, 1.82) is 0 Å². The minimum Gasteiger partial charge on any atom is -0.478 e. The molecule has 1 atom stereocenters. The average molecular weight is 291 g/mol. The van der Waals surface area contributed by atoms with E-state index in [4.69, 9.17) is 9.84 Å². The highest BCUT2D eigenvalue weighted by atomic mass is 19.4. The quantitative estimate of drug-likeness (QED) is 0.844. The fourth-order valence-electron chi connectivity index (χ4n) is 1.71. The van der Waals surface area contributed by atoms with Gasteiger partial charge in [0, 0.05) is 25.4 Å². The van der Waals surface area contributed by atoms with E-state index < -0.39 is 23.3 Å². The van der Waals surface area contributed by atoms with Crippen LogP contribution in [-0.2, 0) is 10.9 Å². The van der Waals surface area contributed by atoms with Crippen molar-refractivity contribution in [3.8, 4) is 0 Å². The summed E-state index contributed by atoms with van der Waals surface area (Å²) in [6.07, 6.45) is -4.08. The molecule has 112 valence electrons. The Labute approximate surface area is 114 Å². The number of aromatic carboxylic acids is 1. The summed E-state index contributed by atoms with van der Waals surface area (Å²) in [6, 6.07) is 3.00. The second-order valence-corrected chi connectivity index (χ2v) is 4.39. The van der Waals surface area contributed by atoms with Gasteiger partial charge in [0.2, 0.25) is 0 Å². The molecule has 0 saturated heterocycles. The highest BCUT2D eigenvalue weighted by Gasteiger charge is 2.35. The monoisotopic (exact) mass is 291 g/mol. The highest BCUT2D eigenvalue weighted by Crippen LogP contribution is 2.34. The molecule has 0 fully saturated rings. The van der Waals surface area contributed by atoms with Gasteiger partial charge in [-0.05, 0) is 31.5 Å². The number of rotatable bonds is 6. The van der Waals surface area contributed by atoms with Gasteiger partial charge in [0.05, 0.1) is 11.1 Å². The van der Waals surface area contributed by atoms with Gasteiger partial charge in [-0.25, -0.2) is 4.79 Å². The minimum atomic E-state index is -4.71. The first-order valence-corrected chi connectivity index (χ1v) is 5.95. The average Bonchev–Trinajstić information content (AvgIpc) is 2.35. The van der Waals surface area contributed by atoms with Gasteiger partial charge in [0.1, 0.15) is 0 Å². The number of ether oxygens (including phenoxy) is 1. The summed E-state index contributed by atoms with van der Waals surface area (Å²) in [4.78, 5) is 10.8. The molecule has 0 aliphatic heterocycles. The molecule has 2 N–H and O–H groups in total. The van der Waals surface area contributed by atoms with Crippen molar-refractivity contribution >= 4 is 11.7 Å². The van der Waals surface area contributed by atoms with Crippen molar-refractivity contribution in [2.75, 3.05) is 19.0 Å². The van der Waals surface area contributed by atoms with Gasteiger partial charge in [0.25, 0.3) is 0 Å². The van der Waals surface area contributed by atoms with E-state index >= 15 is 0 Å². The minimum absolute atomic E-state index is 0.0910. The first-order chi connectivity index (χ1) is 9.25. The molecule has 20 heavy (non-hydrogen) atoms. The van der Waals surface area contributed by atoms with Crippen LogP contribution in [0.1, 0.15) is 29.3 Å². The van der Waals surface area contributed by atoms with Crippen molar-refractivity contribution in [3.63, 3.8) is 0 Å². The molecule has 0 spiro atoms. The molecule has 0 saturated carbocycles. The Kier molecular flexibility index (Phi) is 5.38. The second kappa shape index (κ2) is 6.60. The van der Waals surface area contributed by atoms with Crippen LogP contribution in [0.2, 0.25) is 0 Å². The molecule has 0 bridgehead atoms. The van der Waals surface area contributed by atoms with E-state index in [1.165, 1.54) is 13.2 Å². The maximum atomic E-state index is 12.8. The summed E-state index contributed by atoms with van der Waals surface area (Å²) in [6.45, 7) is 2.28. The summed E-state index contributed by atoms with van der Waals surface area (Å²) in [5, 5.41) is 11.7. The van der Waals surface area contributed by atoms with Crippen LogP contribution in [0.4, 0.5) is 18.9 Å². The number of carboxylic acid groups (broad SMARTS) is 1. The lowest BCUT2D eigenvalue weighted by Crippen LogP contribution is -2.19. The summed E-state index contributed by atoms with van der Waals surface area (Å²) in [7, 11) is 1.54. The molecule has 0 radical (unpaired) electrons. The number of carbonyl (C=O) groups is 1. The van der Waals surface area contributed by atoms with Gasteiger partial charge in [-0.15, -0.1) is 0 Å². The van der Waals surface area contributed by atoms with Crippen molar-refractivity contribution in [2.45, 2.75) is 25.6 Å². The Morgan fingerprint density at radius 3 is 2.60 bits per heavy atom. The van der Waals surface area contributed by atoms with E-state index in [0.29, 0.717) is 13.0 Å². The maximum absolute atomic E-state index is 12.8. The van der Waals surface area contributed by atoms with Gasteiger partial charge in [-0.1, -0.05) is 0 Å². The van der Waals surface area contributed by atoms with Gasteiger partial charge < -0.3 is 15.2 Å². The summed E-state index contributed by atoms with van der Waals surface area (Å²) in [5.41, 5.74) is -1.69. The number of halogens is 3. The van der Waals surface area contributed by atoms with Crippen molar-refractivity contribution < 1.29 is 27.8 Å². The molecule has 1 rings (SSSR count). The van der Waals surface area contributed by atoms with Crippen LogP contribution in [0.3, 0.4) is 0 Å². The SMILES string of the molecule is COCCC(C)Nc1ccc(C(=O)O)c(C(F)(F)F)c1. The van der Waals surface area contributed by atoms with E-state index in [9.17, 15) is 18.0 Å². The number of nitrogens with one attached hydrogen (secondary N) is 1. The summed E-state index contributed by atoms with van der Waals surface area (Å²) >= 11 is 0. The van der Waals surface area contributed by atoms with Crippen LogP contribution in [0, 0.1) is 0 Å². The molecular formula is C13H16F3NO3. The zero-order valence-corrected chi connectivity index (χ0v) is 11.1. The zero-order valence-electron chi connectivity index (χ0n) is 11.1. The van der Waals surface area contributed by atoms with Gasteiger partial charge in [-0.2, -0.15) is 13.2 Å². The smallest absolute Gasteiger partial charge is 0.417 e. The number of hydrogen-bond acceptors (Lipinski definition) is 3. The lowest BCUT2D eigenvalue weighted by Gasteiger charge is -2.17. The lowest BCUT2D eigenvalue weighted by molar-refractivity contribution is -0.138. The number of benzene rings is 1. The van der Waals surface area contributed by atoms with E-state index in [1.54, 1.807) is 6.92 Å². The van der Waals surface area contributed by atoms with Gasteiger partial charge >= 0.3 is 12.1 Å². The molecule has 0 aliphatic rings.